The van der Waals surface area contributed by atoms with Gasteiger partial charge in [0.15, 0.2) is 0 Å². The molecule has 0 bridgehead atoms. The molecular formula is C28H40FNO2. The van der Waals surface area contributed by atoms with Crippen molar-refractivity contribution in [3.05, 3.63) is 35.6 Å². The molecule has 0 heterocycles. The van der Waals surface area contributed by atoms with Gasteiger partial charge in [-0.3, -0.25) is 4.79 Å². The summed E-state index contributed by atoms with van der Waals surface area (Å²) >= 11 is 0. The molecule has 0 aromatic heterocycles. The number of benzene rings is 1. The molecule has 4 saturated carbocycles. The van der Waals surface area contributed by atoms with Crippen molar-refractivity contribution in [2.75, 3.05) is 0 Å². The van der Waals surface area contributed by atoms with Crippen LogP contribution in [0.1, 0.15) is 88.9 Å². The summed E-state index contributed by atoms with van der Waals surface area (Å²) in [5, 5.41) is 13.8. The van der Waals surface area contributed by atoms with Gasteiger partial charge < -0.3 is 10.4 Å². The van der Waals surface area contributed by atoms with E-state index in [4.69, 9.17) is 0 Å². The lowest BCUT2D eigenvalue weighted by Gasteiger charge is -2.57. The van der Waals surface area contributed by atoms with E-state index in [9.17, 15) is 14.3 Å². The maximum atomic E-state index is 14.1. The normalized spacial score (nSPS) is 44.2. The van der Waals surface area contributed by atoms with Crippen molar-refractivity contribution >= 4 is 5.91 Å². The summed E-state index contributed by atoms with van der Waals surface area (Å²) in [7, 11) is 0. The van der Waals surface area contributed by atoms with Crippen LogP contribution in [0.15, 0.2) is 24.3 Å². The van der Waals surface area contributed by atoms with Crippen LogP contribution in [0.3, 0.4) is 0 Å². The summed E-state index contributed by atoms with van der Waals surface area (Å²) in [6.07, 6.45) is 10.7. The lowest BCUT2D eigenvalue weighted by Crippen LogP contribution is -2.52. The predicted octanol–water partition coefficient (Wildman–Crippen LogP) is 5.96. The molecule has 176 valence electrons. The maximum absolute atomic E-state index is 14.1. The molecular weight excluding hydrogens is 401 g/mol. The Bertz CT molecular complexity index is 869. The van der Waals surface area contributed by atoms with Crippen molar-refractivity contribution in [2.45, 2.75) is 90.2 Å². The lowest BCUT2D eigenvalue weighted by atomic mass is 9.49. The molecule has 4 aliphatic carbocycles. The third kappa shape index (κ3) is 3.71. The highest BCUT2D eigenvalue weighted by molar-refractivity contribution is 5.94. The Labute approximate surface area is 192 Å². The number of aliphatic hydroxyl groups is 1. The van der Waals surface area contributed by atoms with Gasteiger partial charge in [0.1, 0.15) is 5.82 Å². The van der Waals surface area contributed by atoms with E-state index >= 15 is 0 Å². The third-order valence-corrected chi connectivity index (χ3v) is 10.4. The van der Waals surface area contributed by atoms with Crippen LogP contribution in [0.4, 0.5) is 4.39 Å². The van der Waals surface area contributed by atoms with Gasteiger partial charge in [-0.1, -0.05) is 19.1 Å². The summed E-state index contributed by atoms with van der Waals surface area (Å²) in [4.78, 5) is 12.8. The van der Waals surface area contributed by atoms with Crippen molar-refractivity contribution in [3.8, 4) is 0 Å². The van der Waals surface area contributed by atoms with Gasteiger partial charge in [-0.15, -0.1) is 0 Å². The minimum Gasteiger partial charge on any atom is -0.390 e. The second kappa shape index (κ2) is 8.11. The highest BCUT2D eigenvalue weighted by Crippen LogP contribution is 2.65. The molecule has 5 rings (SSSR count). The fraction of sp³-hybridized carbons (Fsp3) is 0.750. The molecule has 0 radical (unpaired) electrons. The fourth-order valence-corrected chi connectivity index (χ4v) is 8.97. The SMILES string of the molecule is C[C@@H](NC(=O)c1ccccc1F)[C@H]1CC[C@H]2[C@@H]3CC[C@@H]4C[C@](C)(O)CC[C@@H]4[C@H]3CC[C@]12C. The zero-order chi connectivity index (χ0) is 22.7. The average molecular weight is 442 g/mol. The Morgan fingerprint density at radius 1 is 1.03 bits per heavy atom. The number of carbonyl (C=O) groups excluding carboxylic acids is 1. The molecule has 3 nitrogen and oxygen atoms in total. The maximum Gasteiger partial charge on any atom is 0.254 e. The average Bonchev–Trinajstić information content (AvgIpc) is 3.10. The van der Waals surface area contributed by atoms with Crippen LogP contribution < -0.4 is 5.32 Å². The van der Waals surface area contributed by atoms with E-state index in [0.717, 1.165) is 42.9 Å². The van der Waals surface area contributed by atoms with Crippen molar-refractivity contribution in [1.82, 2.24) is 5.32 Å². The van der Waals surface area contributed by atoms with E-state index in [1.807, 2.05) is 6.92 Å². The van der Waals surface area contributed by atoms with Crippen LogP contribution in [0.2, 0.25) is 0 Å². The zero-order valence-electron chi connectivity index (χ0n) is 19.9. The Morgan fingerprint density at radius 2 is 1.78 bits per heavy atom. The molecule has 0 spiro atoms. The van der Waals surface area contributed by atoms with Crippen LogP contribution in [0.5, 0.6) is 0 Å². The zero-order valence-corrected chi connectivity index (χ0v) is 19.9. The molecule has 4 fully saturated rings. The molecule has 32 heavy (non-hydrogen) atoms. The first kappa shape index (κ1) is 22.4. The number of hydrogen-bond acceptors (Lipinski definition) is 2. The Kier molecular flexibility index (Phi) is 5.67. The summed E-state index contributed by atoms with van der Waals surface area (Å²) in [5.41, 5.74) is -0.0494. The number of nitrogens with one attached hydrogen (secondary N) is 1. The molecule has 1 amide bonds. The second-order valence-electron chi connectivity index (χ2n) is 12.1. The number of rotatable bonds is 3. The first-order valence-corrected chi connectivity index (χ1v) is 13.0. The predicted molar refractivity (Wildman–Crippen MR) is 125 cm³/mol. The Hall–Kier alpha value is -1.42. The Morgan fingerprint density at radius 3 is 2.56 bits per heavy atom. The van der Waals surface area contributed by atoms with Crippen LogP contribution in [0, 0.1) is 46.7 Å². The molecule has 4 aliphatic rings. The minimum atomic E-state index is -0.457. The van der Waals surface area contributed by atoms with Gasteiger partial charge in [-0.05, 0) is 125 Å². The highest BCUT2D eigenvalue weighted by atomic mass is 19.1. The molecule has 4 heteroatoms. The van der Waals surface area contributed by atoms with Gasteiger partial charge >= 0.3 is 0 Å². The summed E-state index contributed by atoms with van der Waals surface area (Å²) in [6, 6.07) is 6.32. The molecule has 0 saturated heterocycles. The number of carbonyl (C=O) groups is 1. The van der Waals surface area contributed by atoms with Crippen molar-refractivity contribution < 1.29 is 14.3 Å². The summed E-state index contributed by atoms with van der Waals surface area (Å²) in [6.45, 7) is 6.64. The van der Waals surface area contributed by atoms with Crippen molar-refractivity contribution in [1.29, 1.82) is 0 Å². The van der Waals surface area contributed by atoms with E-state index in [-0.39, 0.29) is 22.9 Å². The number of hydrogen-bond donors (Lipinski definition) is 2. The van der Waals surface area contributed by atoms with Gasteiger partial charge in [-0.2, -0.15) is 0 Å². The first-order chi connectivity index (χ1) is 15.2. The topological polar surface area (TPSA) is 49.3 Å². The van der Waals surface area contributed by atoms with Crippen LogP contribution in [-0.2, 0) is 0 Å². The number of fused-ring (bicyclic) bond motifs is 5. The Balaban J connectivity index is 1.29. The van der Waals surface area contributed by atoms with E-state index in [0.29, 0.717) is 11.8 Å². The molecule has 2 N–H and O–H groups in total. The molecule has 1 aromatic carbocycles. The van der Waals surface area contributed by atoms with E-state index in [2.05, 4.69) is 19.2 Å². The van der Waals surface area contributed by atoms with E-state index < -0.39 is 11.4 Å². The summed E-state index contributed by atoms with van der Waals surface area (Å²) < 4.78 is 14.1. The quantitative estimate of drug-likeness (QED) is 0.608. The van der Waals surface area contributed by atoms with Gasteiger partial charge in [0.05, 0.1) is 11.2 Å². The first-order valence-electron chi connectivity index (χ1n) is 13.0. The van der Waals surface area contributed by atoms with E-state index in [1.54, 1.807) is 18.2 Å². The number of amides is 1. The van der Waals surface area contributed by atoms with Crippen LogP contribution >= 0.6 is 0 Å². The molecule has 9 atom stereocenters. The van der Waals surface area contributed by atoms with Crippen LogP contribution in [-0.4, -0.2) is 22.7 Å². The standard InChI is InChI=1S/C28H40FNO2/c1-17(30-26(31)22-6-4-5-7-25(22)29)23-10-11-24-21-9-8-18-16-27(2,32)14-12-19(18)20(21)13-15-28(23,24)3/h4-7,17-21,23-24,32H,8-16H2,1-3H3,(H,30,31)/t17-,18-,19+,20-,21-,23-,24+,27-,28-/m1/s1. The van der Waals surface area contributed by atoms with Crippen LogP contribution in [0.25, 0.3) is 0 Å². The molecule has 0 unspecified atom stereocenters. The molecule has 1 aromatic rings. The van der Waals surface area contributed by atoms with Crippen molar-refractivity contribution in [2.24, 2.45) is 40.9 Å². The second-order valence-corrected chi connectivity index (χ2v) is 12.1. The smallest absolute Gasteiger partial charge is 0.254 e. The van der Waals surface area contributed by atoms with Gasteiger partial charge in [0.25, 0.3) is 5.91 Å². The van der Waals surface area contributed by atoms with Crippen molar-refractivity contribution in [3.63, 3.8) is 0 Å². The minimum absolute atomic E-state index is 0.0507. The highest BCUT2D eigenvalue weighted by Gasteiger charge is 2.58. The van der Waals surface area contributed by atoms with Gasteiger partial charge in [0.2, 0.25) is 0 Å². The largest absolute Gasteiger partial charge is 0.390 e. The van der Waals surface area contributed by atoms with Gasteiger partial charge in [0, 0.05) is 6.04 Å². The lowest BCUT2D eigenvalue weighted by molar-refractivity contribution is -0.101. The summed E-state index contributed by atoms with van der Waals surface area (Å²) in [5.74, 6) is 3.60. The molecule has 0 aliphatic heterocycles. The monoisotopic (exact) mass is 441 g/mol. The third-order valence-electron chi connectivity index (χ3n) is 10.4. The number of halogens is 1. The fourth-order valence-electron chi connectivity index (χ4n) is 8.97. The van der Waals surface area contributed by atoms with E-state index in [1.165, 1.54) is 44.6 Å². The van der Waals surface area contributed by atoms with Gasteiger partial charge in [-0.25, -0.2) is 4.39 Å².